The van der Waals surface area contributed by atoms with Gasteiger partial charge < -0.3 is 0 Å². The van der Waals surface area contributed by atoms with Crippen LogP contribution in [0.3, 0.4) is 0 Å². The van der Waals surface area contributed by atoms with Crippen molar-refractivity contribution in [2.45, 2.75) is 103 Å². The summed E-state index contributed by atoms with van der Waals surface area (Å²) in [6.45, 7) is 2.26. The number of nitrogens with zero attached hydrogens (tertiary/aromatic N) is 1. The van der Waals surface area contributed by atoms with Gasteiger partial charge in [0.05, 0.1) is 0 Å². The van der Waals surface area contributed by atoms with Gasteiger partial charge in [-0.15, -0.1) is 0 Å². The van der Waals surface area contributed by atoms with E-state index in [-0.39, 0.29) is 5.17 Å². The van der Waals surface area contributed by atoms with Crippen molar-refractivity contribution in [2.75, 3.05) is 0 Å². The van der Waals surface area contributed by atoms with E-state index in [9.17, 15) is 4.79 Å². The number of nitrogens with two attached hydrogens (primary N) is 1. The minimum atomic E-state index is -0.395. The van der Waals surface area contributed by atoms with Gasteiger partial charge in [-0.3, -0.25) is 10.0 Å². The predicted octanol–water partition coefficient (Wildman–Crippen LogP) is 4.95. The predicted molar refractivity (Wildman–Crippen MR) is 87.7 cm³/mol. The van der Waals surface area contributed by atoms with E-state index < -0.39 is 5.91 Å². The molecule has 0 aliphatic carbocycles. The van der Waals surface area contributed by atoms with Crippen LogP contribution in [0.1, 0.15) is 103 Å². The molecule has 0 saturated carbocycles. The zero-order chi connectivity index (χ0) is 15.8. The molecule has 0 aromatic rings. The summed E-state index contributed by atoms with van der Waals surface area (Å²) in [5, 5.41) is 8.88. The second-order valence-electron chi connectivity index (χ2n) is 6.08. The first kappa shape index (κ1) is 20.4. The van der Waals surface area contributed by atoms with Crippen molar-refractivity contribution in [1.82, 2.24) is 5.17 Å². The summed E-state index contributed by atoms with van der Waals surface area (Å²) in [5.74, 6) is 4.54. The lowest BCUT2D eigenvalue weighted by atomic mass is 10.0. The molecule has 0 aliphatic rings. The molecular formula is C17H36N2O2. The Morgan fingerprint density at radius 1 is 0.762 bits per heavy atom. The van der Waals surface area contributed by atoms with Crippen molar-refractivity contribution in [3.8, 4) is 0 Å². The zero-order valence-corrected chi connectivity index (χ0v) is 14.0. The van der Waals surface area contributed by atoms with Gasteiger partial charge in [0.25, 0.3) is 5.91 Å². The maximum atomic E-state index is 11.0. The van der Waals surface area contributed by atoms with Gasteiger partial charge in [0.1, 0.15) is 0 Å². The summed E-state index contributed by atoms with van der Waals surface area (Å²) in [6, 6.07) is 0. The maximum Gasteiger partial charge on any atom is 0.260 e. The summed E-state index contributed by atoms with van der Waals surface area (Å²) in [4.78, 5) is 11.0. The number of hydrazine groups is 1. The fourth-order valence-electron chi connectivity index (χ4n) is 2.59. The number of hydrogen-bond acceptors (Lipinski definition) is 3. The van der Waals surface area contributed by atoms with Gasteiger partial charge in [-0.25, -0.2) is 5.84 Å². The Bertz CT molecular complexity index is 233. The summed E-state index contributed by atoms with van der Waals surface area (Å²) in [7, 11) is 0. The number of hydrogen-bond donors (Lipinski definition) is 2. The van der Waals surface area contributed by atoms with Gasteiger partial charge in [-0.05, 0) is 6.42 Å². The van der Waals surface area contributed by atoms with Crippen LogP contribution in [0.2, 0.25) is 0 Å². The van der Waals surface area contributed by atoms with E-state index in [2.05, 4.69) is 6.92 Å². The zero-order valence-electron chi connectivity index (χ0n) is 14.0. The van der Waals surface area contributed by atoms with Crippen LogP contribution in [0.15, 0.2) is 0 Å². The number of amides is 1. The summed E-state index contributed by atoms with van der Waals surface area (Å²) < 4.78 is 0. The molecule has 0 bridgehead atoms. The Balaban J connectivity index is 3.04. The first-order chi connectivity index (χ1) is 10.2. The average molecular weight is 300 g/mol. The summed E-state index contributed by atoms with van der Waals surface area (Å²) in [5.41, 5.74) is 0. The van der Waals surface area contributed by atoms with Gasteiger partial charge >= 0.3 is 0 Å². The van der Waals surface area contributed by atoms with E-state index in [1.54, 1.807) is 0 Å². The van der Waals surface area contributed by atoms with E-state index in [0.29, 0.717) is 6.42 Å². The molecular weight excluding hydrogens is 264 g/mol. The van der Waals surface area contributed by atoms with E-state index in [4.69, 9.17) is 11.0 Å². The van der Waals surface area contributed by atoms with Gasteiger partial charge in [0, 0.05) is 6.42 Å². The van der Waals surface area contributed by atoms with E-state index in [1.165, 1.54) is 77.0 Å². The molecule has 0 radical (unpaired) electrons. The molecule has 0 unspecified atom stereocenters. The Hall–Kier alpha value is -0.610. The normalized spacial score (nSPS) is 10.8. The molecule has 4 nitrogen and oxygen atoms in total. The topological polar surface area (TPSA) is 66.6 Å². The van der Waals surface area contributed by atoms with Crippen LogP contribution in [0.5, 0.6) is 0 Å². The Morgan fingerprint density at radius 2 is 1.10 bits per heavy atom. The van der Waals surface area contributed by atoms with Crippen LogP contribution < -0.4 is 5.84 Å². The number of hydroxylamine groups is 1. The first-order valence-corrected chi connectivity index (χ1v) is 8.95. The Kier molecular flexibility index (Phi) is 15.3. The van der Waals surface area contributed by atoms with Crippen LogP contribution in [0, 0.1) is 0 Å². The third-order valence-electron chi connectivity index (χ3n) is 4.00. The minimum absolute atomic E-state index is 0.197. The van der Waals surface area contributed by atoms with Crippen LogP contribution in [-0.2, 0) is 4.79 Å². The van der Waals surface area contributed by atoms with Crippen LogP contribution >= 0.6 is 0 Å². The lowest BCUT2D eigenvalue weighted by molar-refractivity contribution is -0.166. The number of carbonyl (C=O) groups is 1. The Labute approximate surface area is 131 Å². The van der Waals surface area contributed by atoms with Gasteiger partial charge in [0.2, 0.25) is 0 Å². The van der Waals surface area contributed by atoms with Crippen LogP contribution in [0.4, 0.5) is 0 Å². The molecule has 1 amide bonds. The molecule has 21 heavy (non-hydrogen) atoms. The molecule has 4 heteroatoms. The standard InChI is InChI=1S/C17H36N2O2/c1-2-3-4-5-6-7-8-9-10-11-12-13-14-15-16-17(20)19(18)21/h21H,2-16,18H2,1H3. The van der Waals surface area contributed by atoms with Gasteiger partial charge in [-0.2, -0.15) is 5.17 Å². The van der Waals surface area contributed by atoms with Crippen molar-refractivity contribution >= 4 is 5.91 Å². The highest BCUT2D eigenvalue weighted by Gasteiger charge is 2.04. The molecule has 0 atom stereocenters. The molecule has 0 aliphatic heterocycles. The molecule has 126 valence electrons. The Morgan fingerprint density at radius 3 is 1.43 bits per heavy atom. The minimum Gasteiger partial charge on any atom is -0.271 e. The fraction of sp³-hybridized carbons (Fsp3) is 0.941. The van der Waals surface area contributed by atoms with Gasteiger partial charge in [0.15, 0.2) is 0 Å². The monoisotopic (exact) mass is 300 g/mol. The lowest BCUT2D eigenvalue weighted by Gasteiger charge is -2.07. The third-order valence-corrected chi connectivity index (χ3v) is 4.00. The molecule has 0 rings (SSSR count). The van der Waals surface area contributed by atoms with Gasteiger partial charge in [-0.1, -0.05) is 90.4 Å². The second kappa shape index (κ2) is 15.8. The molecule has 0 aromatic heterocycles. The number of unbranched alkanes of at least 4 members (excludes halogenated alkanes) is 13. The number of rotatable bonds is 15. The van der Waals surface area contributed by atoms with E-state index in [1.807, 2.05) is 0 Å². The molecule has 3 N–H and O–H groups in total. The quantitative estimate of drug-likeness (QED) is 0.148. The molecule has 0 fully saturated rings. The molecule has 0 heterocycles. The largest absolute Gasteiger partial charge is 0.271 e. The number of carbonyl (C=O) groups excluding carboxylic acids is 1. The van der Waals surface area contributed by atoms with E-state index in [0.717, 1.165) is 12.8 Å². The third kappa shape index (κ3) is 15.6. The van der Waals surface area contributed by atoms with Crippen LogP contribution in [-0.4, -0.2) is 16.3 Å². The summed E-state index contributed by atoms with van der Waals surface area (Å²) in [6.07, 6.45) is 18.5. The highest BCUT2D eigenvalue weighted by molar-refractivity contribution is 5.74. The lowest BCUT2D eigenvalue weighted by Crippen LogP contribution is -2.33. The summed E-state index contributed by atoms with van der Waals surface area (Å²) >= 11 is 0. The fourth-order valence-corrected chi connectivity index (χ4v) is 2.59. The second-order valence-corrected chi connectivity index (χ2v) is 6.08. The van der Waals surface area contributed by atoms with Crippen LogP contribution in [0.25, 0.3) is 0 Å². The highest BCUT2D eigenvalue weighted by Crippen LogP contribution is 2.13. The highest BCUT2D eigenvalue weighted by atomic mass is 16.5. The van der Waals surface area contributed by atoms with E-state index >= 15 is 0 Å². The molecule has 0 spiro atoms. The average Bonchev–Trinajstić information content (AvgIpc) is 2.47. The maximum absolute atomic E-state index is 11.0. The van der Waals surface area contributed by atoms with Crippen molar-refractivity contribution in [3.05, 3.63) is 0 Å². The molecule has 0 saturated heterocycles. The van der Waals surface area contributed by atoms with Crippen molar-refractivity contribution < 1.29 is 10.0 Å². The first-order valence-electron chi connectivity index (χ1n) is 8.95. The van der Waals surface area contributed by atoms with Crippen molar-refractivity contribution in [3.63, 3.8) is 0 Å². The SMILES string of the molecule is CCCCCCCCCCCCCCCCC(=O)N(N)O. The van der Waals surface area contributed by atoms with Crippen molar-refractivity contribution in [2.24, 2.45) is 5.84 Å². The molecule has 0 aromatic carbocycles. The smallest absolute Gasteiger partial charge is 0.260 e. The van der Waals surface area contributed by atoms with Crippen molar-refractivity contribution in [1.29, 1.82) is 0 Å².